The largest absolute Gasteiger partial charge is 0.309 e. The van der Waals surface area contributed by atoms with Crippen LogP contribution in [0.2, 0.25) is 0 Å². The zero-order valence-corrected chi connectivity index (χ0v) is 9.41. The monoisotopic (exact) mass is 169 g/mol. The molecule has 0 aromatic heterocycles. The first kappa shape index (κ1) is 11.7. The van der Waals surface area contributed by atoms with E-state index >= 15 is 0 Å². The summed E-state index contributed by atoms with van der Waals surface area (Å²) in [5, 5.41) is 8.09. The first-order valence-electron chi connectivity index (χ1n) is 4.87. The molecule has 0 aromatic rings. The standard InChI is InChI=1S/C11H23N/c1-7-10(3,4)9(12)11(5,6)8-2/h12H,7-8H2,1-6H3. The molecule has 0 heterocycles. The van der Waals surface area contributed by atoms with Gasteiger partial charge in [0.25, 0.3) is 0 Å². The average Bonchev–Trinajstić information content (AvgIpc) is 2.03. The van der Waals surface area contributed by atoms with Crippen LogP contribution in [-0.4, -0.2) is 5.71 Å². The van der Waals surface area contributed by atoms with Gasteiger partial charge < -0.3 is 5.41 Å². The molecule has 0 amide bonds. The third-order valence-corrected chi connectivity index (χ3v) is 3.12. The highest BCUT2D eigenvalue weighted by Crippen LogP contribution is 2.34. The molecule has 0 aromatic carbocycles. The molecule has 0 aliphatic carbocycles. The van der Waals surface area contributed by atoms with Crippen molar-refractivity contribution in [3.05, 3.63) is 0 Å². The minimum atomic E-state index is 0.0690. The predicted molar refractivity (Wildman–Crippen MR) is 55.9 cm³/mol. The summed E-state index contributed by atoms with van der Waals surface area (Å²) in [6, 6.07) is 0. The van der Waals surface area contributed by atoms with Crippen molar-refractivity contribution >= 4 is 5.71 Å². The van der Waals surface area contributed by atoms with Crippen molar-refractivity contribution in [3.63, 3.8) is 0 Å². The van der Waals surface area contributed by atoms with E-state index < -0.39 is 0 Å². The summed E-state index contributed by atoms with van der Waals surface area (Å²) in [7, 11) is 0. The normalized spacial score (nSPS) is 13.2. The highest BCUT2D eigenvalue weighted by Gasteiger charge is 2.32. The third kappa shape index (κ3) is 2.33. The Balaban J connectivity index is 4.60. The molecular weight excluding hydrogens is 146 g/mol. The van der Waals surface area contributed by atoms with Gasteiger partial charge in [-0.15, -0.1) is 0 Å². The molecule has 12 heavy (non-hydrogen) atoms. The number of hydrogen-bond donors (Lipinski definition) is 1. The maximum Gasteiger partial charge on any atom is 0.0201 e. The maximum atomic E-state index is 8.09. The van der Waals surface area contributed by atoms with Crippen molar-refractivity contribution < 1.29 is 0 Å². The summed E-state index contributed by atoms with van der Waals surface area (Å²) in [5.41, 5.74) is 1.03. The van der Waals surface area contributed by atoms with E-state index in [4.69, 9.17) is 5.41 Å². The molecule has 1 N–H and O–H groups in total. The summed E-state index contributed by atoms with van der Waals surface area (Å²) in [4.78, 5) is 0. The Morgan fingerprint density at radius 3 is 1.33 bits per heavy atom. The smallest absolute Gasteiger partial charge is 0.0201 e. The van der Waals surface area contributed by atoms with Crippen LogP contribution in [0.1, 0.15) is 54.4 Å². The Hall–Kier alpha value is -0.330. The second-order valence-corrected chi connectivity index (χ2v) is 4.85. The number of hydrogen-bond acceptors (Lipinski definition) is 1. The fraction of sp³-hybridized carbons (Fsp3) is 0.909. The van der Waals surface area contributed by atoms with E-state index in [1.54, 1.807) is 0 Å². The fourth-order valence-corrected chi connectivity index (χ4v) is 1.27. The van der Waals surface area contributed by atoms with Gasteiger partial charge in [-0.05, 0) is 12.8 Å². The summed E-state index contributed by atoms with van der Waals surface area (Å²) < 4.78 is 0. The maximum absolute atomic E-state index is 8.09. The van der Waals surface area contributed by atoms with Gasteiger partial charge in [0, 0.05) is 16.5 Å². The molecule has 0 saturated heterocycles. The zero-order valence-electron chi connectivity index (χ0n) is 9.41. The van der Waals surface area contributed by atoms with Gasteiger partial charge in [-0.2, -0.15) is 0 Å². The quantitative estimate of drug-likeness (QED) is 0.618. The number of rotatable bonds is 4. The van der Waals surface area contributed by atoms with E-state index in [0.29, 0.717) is 0 Å². The van der Waals surface area contributed by atoms with Gasteiger partial charge in [-0.1, -0.05) is 41.5 Å². The first-order valence-corrected chi connectivity index (χ1v) is 4.87. The second kappa shape index (κ2) is 3.59. The van der Waals surface area contributed by atoms with E-state index in [0.717, 1.165) is 18.6 Å². The molecule has 1 nitrogen and oxygen atoms in total. The van der Waals surface area contributed by atoms with Crippen molar-refractivity contribution in [2.75, 3.05) is 0 Å². The van der Waals surface area contributed by atoms with Gasteiger partial charge in [0.05, 0.1) is 0 Å². The van der Waals surface area contributed by atoms with Crippen LogP contribution in [0.3, 0.4) is 0 Å². The molecule has 0 bridgehead atoms. The highest BCUT2D eigenvalue weighted by atomic mass is 14.5. The summed E-state index contributed by atoms with van der Waals surface area (Å²) in [6.07, 6.45) is 2.10. The van der Waals surface area contributed by atoms with Crippen molar-refractivity contribution in [2.45, 2.75) is 54.4 Å². The molecule has 0 unspecified atom stereocenters. The predicted octanol–water partition coefficient (Wildman–Crippen LogP) is 3.88. The van der Waals surface area contributed by atoms with Crippen molar-refractivity contribution in [1.82, 2.24) is 0 Å². The van der Waals surface area contributed by atoms with Gasteiger partial charge >= 0.3 is 0 Å². The topological polar surface area (TPSA) is 23.9 Å². The van der Waals surface area contributed by atoms with Crippen LogP contribution in [0.25, 0.3) is 0 Å². The lowest BCUT2D eigenvalue weighted by atomic mass is 9.70. The summed E-state index contributed by atoms with van der Waals surface area (Å²) in [5.74, 6) is 0. The van der Waals surface area contributed by atoms with Crippen LogP contribution in [0, 0.1) is 16.2 Å². The minimum absolute atomic E-state index is 0.0690. The van der Waals surface area contributed by atoms with Gasteiger partial charge in [-0.25, -0.2) is 0 Å². The lowest BCUT2D eigenvalue weighted by molar-refractivity contribution is 0.399. The van der Waals surface area contributed by atoms with E-state index in [1.807, 2.05) is 0 Å². The van der Waals surface area contributed by atoms with Crippen LogP contribution >= 0.6 is 0 Å². The molecule has 0 saturated carbocycles. The van der Waals surface area contributed by atoms with E-state index in [1.165, 1.54) is 0 Å². The molecule has 0 rings (SSSR count). The van der Waals surface area contributed by atoms with Crippen molar-refractivity contribution in [2.24, 2.45) is 10.8 Å². The second-order valence-electron chi connectivity index (χ2n) is 4.85. The first-order chi connectivity index (χ1) is 5.28. The lowest BCUT2D eigenvalue weighted by Gasteiger charge is -2.35. The Morgan fingerprint density at radius 1 is 0.917 bits per heavy atom. The van der Waals surface area contributed by atoms with Crippen LogP contribution in [-0.2, 0) is 0 Å². The average molecular weight is 169 g/mol. The number of nitrogens with one attached hydrogen (secondary N) is 1. The van der Waals surface area contributed by atoms with Gasteiger partial charge in [0.15, 0.2) is 0 Å². The van der Waals surface area contributed by atoms with Crippen molar-refractivity contribution in [1.29, 1.82) is 5.41 Å². The summed E-state index contributed by atoms with van der Waals surface area (Å²) in [6.45, 7) is 12.9. The molecule has 0 aliphatic rings. The van der Waals surface area contributed by atoms with E-state index in [2.05, 4.69) is 41.5 Å². The molecule has 0 radical (unpaired) electrons. The third-order valence-electron chi connectivity index (χ3n) is 3.12. The molecule has 0 fully saturated rings. The van der Waals surface area contributed by atoms with Gasteiger partial charge in [0.1, 0.15) is 0 Å². The van der Waals surface area contributed by atoms with Crippen molar-refractivity contribution in [3.8, 4) is 0 Å². The molecule has 0 aliphatic heterocycles. The molecule has 0 atom stereocenters. The van der Waals surface area contributed by atoms with E-state index in [9.17, 15) is 0 Å². The fourth-order valence-electron chi connectivity index (χ4n) is 1.27. The Bertz CT molecular complexity index is 148. The van der Waals surface area contributed by atoms with E-state index in [-0.39, 0.29) is 10.8 Å². The lowest BCUT2D eigenvalue weighted by Crippen LogP contribution is -2.35. The van der Waals surface area contributed by atoms with Crippen LogP contribution in [0.5, 0.6) is 0 Å². The Morgan fingerprint density at radius 2 is 1.17 bits per heavy atom. The van der Waals surface area contributed by atoms with Gasteiger partial charge in [-0.3, -0.25) is 0 Å². The summed E-state index contributed by atoms with van der Waals surface area (Å²) >= 11 is 0. The SMILES string of the molecule is CCC(C)(C)C(=N)C(C)(C)CC. The van der Waals surface area contributed by atoms with Gasteiger partial charge in [0.2, 0.25) is 0 Å². The molecule has 72 valence electrons. The highest BCUT2D eigenvalue weighted by molar-refractivity contribution is 5.91. The molecule has 0 spiro atoms. The molecular formula is C11H23N. The van der Waals surface area contributed by atoms with Crippen LogP contribution in [0.15, 0.2) is 0 Å². The molecule has 1 heteroatoms. The Kier molecular flexibility index (Phi) is 3.49. The zero-order chi connectivity index (χ0) is 9.99. The minimum Gasteiger partial charge on any atom is -0.309 e. The van der Waals surface area contributed by atoms with Crippen LogP contribution in [0.4, 0.5) is 0 Å². The van der Waals surface area contributed by atoms with Crippen LogP contribution < -0.4 is 0 Å². The Labute approximate surface area is 77.1 Å².